The first-order valence-corrected chi connectivity index (χ1v) is 7.75. The van der Waals surface area contributed by atoms with Gasteiger partial charge in [-0.2, -0.15) is 0 Å². The van der Waals surface area contributed by atoms with E-state index in [1.54, 1.807) is 18.7 Å². The number of anilines is 1. The maximum atomic E-state index is 11.5. The van der Waals surface area contributed by atoms with Gasteiger partial charge in [0.1, 0.15) is 0 Å². The molecule has 1 unspecified atom stereocenters. The molecular formula is C15H15BrN2OS. The molecule has 0 aromatic heterocycles. The van der Waals surface area contributed by atoms with Crippen LogP contribution in [0.4, 0.5) is 5.69 Å². The molecule has 1 amide bonds. The molecule has 20 heavy (non-hydrogen) atoms. The third-order valence-electron chi connectivity index (χ3n) is 2.58. The van der Waals surface area contributed by atoms with Gasteiger partial charge < -0.3 is 11.1 Å². The van der Waals surface area contributed by atoms with E-state index in [0.717, 1.165) is 15.1 Å². The smallest absolute Gasteiger partial charge is 0.240 e. The topological polar surface area (TPSA) is 55.1 Å². The minimum absolute atomic E-state index is 0.182. The van der Waals surface area contributed by atoms with Crippen molar-refractivity contribution in [1.82, 2.24) is 0 Å². The Hall–Kier alpha value is -1.30. The van der Waals surface area contributed by atoms with Crippen molar-refractivity contribution < 1.29 is 4.79 Å². The Balaban J connectivity index is 2.01. The molecule has 0 heterocycles. The number of amides is 1. The first-order valence-electron chi connectivity index (χ1n) is 6.14. The van der Waals surface area contributed by atoms with E-state index in [9.17, 15) is 4.79 Å². The average Bonchev–Trinajstić information content (AvgIpc) is 2.43. The van der Waals surface area contributed by atoms with Crippen LogP contribution in [0.25, 0.3) is 0 Å². The molecule has 0 saturated heterocycles. The fourth-order valence-corrected chi connectivity index (χ4v) is 2.58. The van der Waals surface area contributed by atoms with Gasteiger partial charge in [-0.05, 0) is 55.5 Å². The molecule has 3 N–H and O–H groups in total. The number of carbonyl (C=O) groups excluding carboxylic acids is 1. The number of halogens is 1. The van der Waals surface area contributed by atoms with Gasteiger partial charge in [-0.3, -0.25) is 4.79 Å². The van der Waals surface area contributed by atoms with Crippen LogP contribution >= 0.6 is 27.7 Å². The highest BCUT2D eigenvalue weighted by Crippen LogP contribution is 2.29. The molecule has 3 nitrogen and oxygen atoms in total. The van der Waals surface area contributed by atoms with Crippen molar-refractivity contribution in [3.05, 3.63) is 53.0 Å². The molecule has 0 aliphatic rings. The highest BCUT2D eigenvalue weighted by molar-refractivity contribution is 9.10. The monoisotopic (exact) mass is 350 g/mol. The Morgan fingerprint density at radius 3 is 2.10 bits per heavy atom. The summed E-state index contributed by atoms with van der Waals surface area (Å²) in [6, 6.07) is 15.3. The van der Waals surface area contributed by atoms with Crippen LogP contribution in [0.3, 0.4) is 0 Å². The summed E-state index contributed by atoms with van der Waals surface area (Å²) in [6.45, 7) is 1.66. The zero-order chi connectivity index (χ0) is 14.5. The average molecular weight is 351 g/mol. The van der Waals surface area contributed by atoms with Crippen LogP contribution in [-0.2, 0) is 4.79 Å². The Bertz CT molecular complexity index is 582. The summed E-state index contributed by atoms with van der Waals surface area (Å²) in [5, 5.41) is 2.76. The fourth-order valence-electron chi connectivity index (χ4n) is 1.50. The molecule has 5 heteroatoms. The lowest BCUT2D eigenvalue weighted by atomic mass is 10.3. The fraction of sp³-hybridized carbons (Fsp3) is 0.133. The maximum absolute atomic E-state index is 11.5. The van der Waals surface area contributed by atoms with Crippen LogP contribution < -0.4 is 11.1 Å². The lowest BCUT2D eigenvalue weighted by molar-refractivity contribution is -0.117. The van der Waals surface area contributed by atoms with Crippen LogP contribution in [-0.4, -0.2) is 11.9 Å². The largest absolute Gasteiger partial charge is 0.325 e. The number of benzene rings is 2. The number of hydrogen-bond donors (Lipinski definition) is 2. The Kier molecular flexibility index (Phi) is 5.23. The first-order chi connectivity index (χ1) is 9.54. The third-order valence-corrected chi connectivity index (χ3v) is 4.13. The van der Waals surface area contributed by atoms with Crippen molar-refractivity contribution in [3.8, 4) is 0 Å². The lowest BCUT2D eigenvalue weighted by Gasteiger charge is -2.08. The number of hydrogen-bond acceptors (Lipinski definition) is 3. The molecule has 104 valence electrons. The highest BCUT2D eigenvalue weighted by Gasteiger charge is 2.07. The van der Waals surface area contributed by atoms with Gasteiger partial charge in [-0.15, -0.1) is 0 Å². The lowest BCUT2D eigenvalue weighted by Crippen LogP contribution is -2.32. The Morgan fingerprint density at radius 2 is 1.60 bits per heavy atom. The summed E-state index contributed by atoms with van der Waals surface area (Å²) in [6.07, 6.45) is 0. The number of nitrogens with two attached hydrogens (primary N) is 1. The zero-order valence-electron chi connectivity index (χ0n) is 11.0. The van der Waals surface area contributed by atoms with Gasteiger partial charge in [0.15, 0.2) is 0 Å². The third kappa shape index (κ3) is 4.37. The van der Waals surface area contributed by atoms with E-state index < -0.39 is 6.04 Å². The summed E-state index contributed by atoms with van der Waals surface area (Å²) in [4.78, 5) is 13.8. The van der Waals surface area contributed by atoms with Crippen molar-refractivity contribution in [2.45, 2.75) is 22.8 Å². The van der Waals surface area contributed by atoms with Gasteiger partial charge in [0.05, 0.1) is 6.04 Å². The molecule has 1 atom stereocenters. The summed E-state index contributed by atoms with van der Waals surface area (Å²) in [5.41, 5.74) is 6.26. The second-order valence-electron chi connectivity index (χ2n) is 4.36. The van der Waals surface area contributed by atoms with E-state index in [-0.39, 0.29) is 5.91 Å². The van der Waals surface area contributed by atoms with E-state index in [0.29, 0.717) is 0 Å². The molecule has 2 aromatic rings. The second kappa shape index (κ2) is 6.92. The predicted octanol–water partition coefficient (Wildman–Crippen LogP) is 3.89. The SMILES string of the molecule is CC(N)C(=O)Nc1ccc(Sc2ccc(Br)cc2)cc1. The normalized spacial score (nSPS) is 11.9. The number of nitrogens with one attached hydrogen (secondary N) is 1. The van der Waals surface area contributed by atoms with Crippen molar-refractivity contribution >= 4 is 39.3 Å². The van der Waals surface area contributed by atoms with Crippen molar-refractivity contribution in [2.24, 2.45) is 5.73 Å². The summed E-state index contributed by atoms with van der Waals surface area (Å²) < 4.78 is 1.07. The van der Waals surface area contributed by atoms with Crippen LogP contribution in [0, 0.1) is 0 Å². The predicted molar refractivity (Wildman–Crippen MR) is 87.0 cm³/mol. The van der Waals surface area contributed by atoms with Crippen LogP contribution in [0.2, 0.25) is 0 Å². The first kappa shape index (κ1) is 15.1. The van der Waals surface area contributed by atoms with E-state index in [4.69, 9.17) is 5.73 Å². The van der Waals surface area contributed by atoms with E-state index in [1.165, 1.54) is 4.90 Å². The molecular weight excluding hydrogens is 336 g/mol. The minimum atomic E-state index is -0.508. The van der Waals surface area contributed by atoms with Gasteiger partial charge >= 0.3 is 0 Å². The quantitative estimate of drug-likeness (QED) is 0.879. The second-order valence-corrected chi connectivity index (χ2v) is 6.42. The van der Waals surface area contributed by atoms with Gasteiger partial charge in [0, 0.05) is 20.0 Å². The molecule has 0 aliphatic carbocycles. The number of carbonyl (C=O) groups is 1. The van der Waals surface area contributed by atoms with Crippen LogP contribution in [0.15, 0.2) is 62.8 Å². The summed E-state index contributed by atoms with van der Waals surface area (Å²) in [5.74, 6) is -0.182. The molecule has 0 fully saturated rings. The number of rotatable bonds is 4. The summed E-state index contributed by atoms with van der Waals surface area (Å²) in [7, 11) is 0. The van der Waals surface area contributed by atoms with Crippen molar-refractivity contribution in [2.75, 3.05) is 5.32 Å². The van der Waals surface area contributed by atoms with Gasteiger partial charge in [-0.1, -0.05) is 27.7 Å². The van der Waals surface area contributed by atoms with E-state index in [2.05, 4.69) is 33.4 Å². The van der Waals surface area contributed by atoms with E-state index >= 15 is 0 Å². The Labute approximate surface area is 131 Å². The Morgan fingerprint density at radius 1 is 1.10 bits per heavy atom. The summed E-state index contributed by atoms with van der Waals surface area (Å²) >= 11 is 5.09. The van der Waals surface area contributed by atoms with Gasteiger partial charge in [0.25, 0.3) is 0 Å². The standard InChI is InChI=1S/C15H15BrN2OS/c1-10(17)15(19)18-12-4-8-14(9-5-12)20-13-6-2-11(16)3-7-13/h2-10H,17H2,1H3,(H,18,19). The van der Waals surface area contributed by atoms with Gasteiger partial charge in [-0.25, -0.2) is 0 Å². The van der Waals surface area contributed by atoms with Crippen LogP contribution in [0.1, 0.15) is 6.92 Å². The molecule has 0 bridgehead atoms. The highest BCUT2D eigenvalue weighted by atomic mass is 79.9. The minimum Gasteiger partial charge on any atom is -0.325 e. The van der Waals surface area contributed by atoms with Gasteiger partial charge in [0.2, 0.25) is 5.91 Å². The van der Waals surface area contributed by atoms with Crippen molar-refractivity contribution in [3.63, 3.8) is 0 Å². The maximum Gasteiger partial charge on any atom is 0.240 e. The molecule has 0 spiro atoms. The molecule has 2 aromatic carbocycles. The zero-order valence-corrected chi connectivity index (χ0v) is 13.4. The van der Waals surface area contributed by atoms with Crippen molar-refractivity contribution in [1.29, 1.82) is 0 Å². The van der Waals surface area contributed by atoms with Crippen LogP contribution in [0.5, 0.6) is 0 Å². The molecule has 0 aliphatic heterocycles. The molecule has 0 saturated carbocycles. The van der Waals surface area contributed by atoms with E-state index in [1.807, 2.05) is 36.4 Å². The molecule has 2 rings (SSSR count). The molecule has 0 radical (unpaired) electrons.